The van der Waals surface area contributed by atoms with E-state index >= 15 is 0 Å². The maximum Gasteiger partial charge on any atom is 0.257 e. The van der Waals surface area contributed by atoms with Crippen molar-refractivity contribution < 1.29 is 4.79 Å². The van der Waals surface area contributed by atoms with Crippen LogP contribution in [0.25, 0.3) is 0 Å². The Labute approximate surface area is 123 Å². The second-order valence-corrected chi connectivity index (χ2v) is 5.38. The van der Waals surface area contributed by atoms with Gasteiger partial charge in [-0.15, -0.1) is 0 Å². The van der Waals surface area contributed by atoms with Gasteiger partial charge in [0.2, 0.25) is 0 Å². The lowest BCUT2D eigenvalue weighted by molar-refractivity contribution is 0.0790. The summed E-state index contributed by atoms with van der Waals surface area (Å²) in [5.74, 6) is 1.12. The van der Waals surface area contributed by atoms with Gasteiger partial charge in [0, 0.05) is 43.6 Å². The first kappa shape index (κ1) is 13.7. The van der Waals surface area contributed by atoms with E-state index in [9.17, 15) is 4.79 Å². The van der Waals surface area contributed by atoms with Crippen LogP contribution in [0, 0.1) is 6.92 Å². The molecule has 0 bridgehead atoms. The lowest BCUT2D eigenvalue weighted by atomic mass is 10.1. The van der Waals surface area contributed by atoms with Gasteiger partial charge in [-0.05, 0) is 26.3 Å². The summed E-state index contributed by atoms with van der Waals surface area (Å²) in [7, 11) is 0. The summed E-state index contributed by atoms with van der Waals surface area (Å²) >= 11 is 0. The van der Waals surface area contributed by atoms with Crippen LogP contribution in [-0.4, -0.2) is 43.6 Å². The number of rotatable bonds is 3. The second-order valence-electron chi connectivity index (χ2n) is 5.38. The van der Waals surface area contributed by atoms with Gasteiger partial charge in [0.05, 0.1) is 11.8 Å². The first-order chi connectivity index (χ1) is 10.2. The van der Waals surface area contributed by atoms with E-state index in [1.165, 1.54) is 0 Å². The summed E-state index contributed by atoms with van der Waals surface area (Å²) in [4.78, 5) is 23.1. The molecule has 1 atom stereocenters. The maximum absolute atomic E-state index is 12.5. The van der Waals surface area contributed by atoms with Crippen molar-refractivity contribution in [2.45, 2.75) is 32.7 Å². The zero-order valence-corrected chi connectivity index (χ0v) is 12.4. The van der Waals surface area contributed by atoms with Crippen LogP contribution in [0.5, 0.6) is 0 Å². The Morgan fingerprint density at radius 3 is 3.05 bits per heavy atom. The van der Waals surface area contributed by atoms with Gasteiger partial charge in [0.25, 0.3) is 5.91 Å². The van der Waals surface area contributed by atoms with E-state index in [-0.39, 0.29) is 11.8 Å². The van der Waals surface area contributed by atoms with Gasteiger partial charge >= 0.3 is 0 Å². The molecule has 0 aromatic carbocycles. The van der Waals surface area contributed by atoms with Crippen molar-refractivity contribution in [3.8, 4) is 0 Å². The molecule has 6 nitrogen and oxygen atoms in total. The lowest BCUT2D eigenvalue weighted by Gasteiger charge is -2.15. The molecule has 3 rings (SSSR count). The van der Waals surface area contributed by atoms with Crippen molar-refractivity contribution >= 4 is 5.91 Å². The molecule has 0 saturated carbocycles. The Bertz CT molecular complexity index is 651. The van der Waals surface area contributed by atoms with Crippen molar-refractivity contribution in [2.75, 3.05) is 13.1 Å². The van der Waals surface area contributed by atoms with E-state index in [4.69, 9.17) is 0 Å². The van der Waals surface area contributed by atoms with E-state index in [0.29, 0.717) is 12.1 Å². The third-order valence-corrected chi connectivity index (χ3v) is 3.86. The molecule has 1 fully saturated rings. The van der Waals surface area contributed by atoms with Crippen molar-refractivity contribution in [1.82, 2.24) is 24.6 Å². The largest absolute Gasteiger partial charge is 0.338 e. The molecular weight excluding hydrogens is 266 g/mol. The molecule has 1 aliphatic rings. The standard InChI is InChI=1S/C15H19N5O/c1-3-20-10-13(8-17-20)15(21)19-7-5-12(9-19)14-16-6-4-11(2)18-14/h4,6,8,10,12H,3,5,7,9H2,1-2H3/t12-/m1/s1. The van der Waals surface area contributed by atoms with Gasteiger partial charge < -0.3 is 4.90 Å². The second kappa shape index (κ2) is 5.63. The van der Waals surface area contributed by atoms with Crippen molar-refractivity contribution in [2.24, 2.45) is 0 Å². The smallest absolute Gasteiger partial charge is 0.257 e. The van der Waals surface area contributed by atoms with Gasteiger partial charge in [0.15, 0.2) is 0 Å². The molecule has 0 spiro atoms. The molecular formula is C15H19N5O. The van der Waals surface area contributed by atoms with Crippen LogP contribution in [0.15, 0.2) is 24.7 Å². The van der Waals surface area contributed by atoms with Crippen molar-refractivity contribution in [3.05, 3.63) is 41.7 Å². The van der Waals surface area contributed by atoms with Crippen molar-refractivity contribution in [1.29, 1.82) is 0 Å². The molecule has 0 unspecified atom stereocenters. The fourth-order valence-electron chi connectivity index (χ4n) is 2.65. The molecule has 3 heterocycles. The number of hydrogen-bond donors (Lipinski definition) is 0. The molecule has 0 aliphatic carbocycles. The number of likely N-dealkylation sites (tertiary alicyclic amines) is 1. The zero-order chi connectivity index (χ0) is 14.8. The van der Waals surface area contributed by atoms with Gasteiger partial charge in [-0.3, -0.25) is 9.48 Å². The quantitative estimate of drug-likeness (QED) is 0.860. The van der Waals surface area contributed by atoms with Gasteiger partial charge in [-0.2, -0.15) is 5.10 Å². The van der Waals surface area contributed by atoms with Crippen LogP contribution in [0.2, 0.25) is 0 Å². The van der Waals surface area contributed by atoms with E-state index in [1.807, 2.05) is 24.8 Å². The third kappa shape index (κ3) is 2.79. The first-order valence-electron chi connectivity index (χ1n) is 7.28. The number of carbonyl (C=O) groups is 1. The molecule has 0 radical (unpaired) electrons. The Hall–Kier alpha value is -2.24. The number of aromatic nitrogens is 4. The lowest BCUT2D eigenvalue weighted by Crippen LogP contribution is -2.28. The first-order valence-corrected chi connectivity index (χ1v) is 7.28. The highest BCUT2D eigenvalue weighted by atomic mass is 16.2. The molecule has 0 N–H and O–H groups in total. The average Bonchev–Trinajstić information content (AvgIpc) is 3.16. The monoisotopic (exact) mass is 285 g/mol. The summed E-state index contributed by atoms with van der Waals surface area (Å²) in [6, 6.07) is 1.89. The zero-order valence-electron chi connectivity index (χ0n) is 12.4. The SMILES string of the molecule is CCn1cc(C(=O)N2CC[C@@H](c3nccc(C)n3)C2)cn1. The predicted molar refractivity (Wildman–Crippen MR) is 77.9 cm³/mol. The summed E-state index contributed by atoms with van der Waals surface area (Å²) in [5, 5.41) is 4.16. The van der Waals surface area contributed by atoms with Gasteiger partial charge in [0.1, 0.15) is 5.82 Å². The minimum Gasteiger partial charge on any atom is -0.338 e. The highest BCUT2D eigenvalue weighted by Gasteiger charge is 2.30. The molecule has 21 heavy (non-hydrogen) atoms. The van der Waals surface area contributed by atoms with Crippen LogP contribution in [-0.2, 0) is 6.54 Å². The average molecular weight is 285 g/mol. The Morgan fingerprint density at radius 1 is 1.48 bits per heavy atom. The molecule has 2 aromatic heterocycles. The minimum absolute atomic E-state index is 0.0462. The van der Waals surface area contributed by atoms with Gasteiger partial charge in [-0.25, -0.2) is 9.97 Å². The maximum atomic E-state index is 12.5. The van der Waals surface area contributed by atoms with Crippen LogP contribution in [0.1, 0.15) is 41.1 Å². The topological polar surface area (TPSA) is 63.9 Å². The number of hydrogen-bond acceptors (Lipinski definition) is 4. The number of carbonyl (C=O) groups excluding carboxylic acids is 1. The Morgan fingerprint density at radius 2 is 2.33 bits per heavy atom. The predicted octanol–water partition coefficient (Wildman–Crippen LogP) is 1.63. The molecule has 6 heteroatoms. The van der Waals surface area contributed by atoms with Crippen LogP contribution >= 0.6 is 0 Å². The highest BCUT2D eigenvalue weighted by molar-refractivity contribution is 5.93. The fraction of sp³-hybridized carbons (Fsp3) is 0.467. The normalized spacial score (nSPS) is 18.2. The third-order valence-electron chi connectivity index (χ3n) is 3.86. The number of nitrogens with zero attached hydrogens (tertiary/aromatic N) is 5. The highest BCUT2D eigenvalue weighted by Crippen LogP contribution is 2.25. The molecule has 1 saturated heterocycles. The Balaban J connectivity index is 1.70. The van der Waals surface area contributed by atoms with E-state index < -0.39 is 0 Å². The van der Waals surface area contributed by atoms with Gasteiger partial charge in [-0.1, -0.05) is 0 Å². The summed E-state index contributed by atoms with van der Waals surface area (Å²) in [5.41, 5.74) is 1.62. The van der Waals surface area contributed by atoms with E-state index in [2.05, 4.69) is 15.1 Å². The number of aryl methyl sites for hydroxylation is 2. The Kier molecular flexibility index (Phi) is 3.68. The minimum atomic E-state index is 0.0462. The summed E-state index contributed by atoms with van der Waals surface area (Å²) in [6.45, 7) is 6.16. The van der Waals surface area contributed by atoms with Crippen LogP contribution in [0.4, 0.5) is 0 Å². The molecule has 110 valence electrons. The van der Waals surface area contributed by atoms with Crippen LogP contribution < -0.4 is 0 Å². The molecule has 1 aliphatic heterocycles. The molecule has 2 aromatic rings. The van der Waals surface area contributed by atoms with E-state index in [0.717, 1.165) is 31.0 Å². The molecule has 1 amide bonds. The summed E-state index contributed by atoms with van der Waals surface area (Å²) < 4.78 is 1.77. The number of amides is 1. The van der Waals surface area contributed by atoms with E-state index in [1.54, 1.807) is 23.3 Å². The summed E-state index contributed by atoms with van der Waals surface area (Å²) in [6.07, 6.45) is 6.14. The van der Waals surface area contributed by atoms with Crippen LogP contribution in [0.3, 0.4) is 0 Å². The van der Waals surface area contributed by atoms with Crippen molar-refractivity contribution in [3.63, 3.8) is 0 Å². The fourth-order valence-corrected chi connectivity index (χ4v) is 2.65.